The van der Waals surface area contributed by atoms with E-state index in [4.69, 9.17) is 10.5 Å². The number of primary amides is 1. The Morgan fingerprint density at radius 3 is 2.78 bits per heavy atom. The van der Waals surface area contributed by atoms with E-state index in [0.717, 1.165) is 0 Å². The van der Waals surface area contributed by atoms with Crippen LogP contribution < -0.4 is 15.8 Å². The van der Waals surface area contributed by atoms with E-state index >= 15 is 0 Å². The van der Waals surface area contributed by atoms with Crippen molar-refractivity contribution in [2.24, 2.45) is 5.73 Å². The maximum Gasteiger partial charge on any atom is 0.272 e. The second-order valence-corrected chi connectivity index (χ2v) is 4.28. The highest BCUT2D eigenvalue weighted by Crippen LogP contribution is 2.16. The van der Waals surface area contributed by atoms with Crippen molar-refractivity contribution < 1.29 is 14.3 Å². The highest BCUT2D eigenvalue weighted by molar-refractivity contribution is 5.95. The summed E-state index contributed by atoms with van der Waals surface area (Å²) in [4.78, 5) is 30.5. The molecule has 0 aliphatic rings. The Morgan fingerprint density at radius 2 is 2.04 bits per heavy atom. The first-order valence-corrected chi connectivity index (χ1v) is 6.70. The highest BCUT2D eigenvalue weighted by Gasteiger charge is 2.07. The van der Waals surface area contributed by atoms with Gasteiger partial charge in [-0.05, 0) is 12.1 Å². The average Bonchev–Trinajstić information content (AvgIpc) is 2.58. The van der Waals surface area contributed by atoms with Crippen LogP contribution in [0.2, 0.25) is 0 Å². The highest BCUT2D eigenvalue weighted by atomic mass is 16.5. The first-order valence-electron chi connectivity index (χ1n) is 6.70. The number of carbonyl (C=O) groups excluding carboxylic acids is 2. The van der Waals surface area contributed by atoms with Crippen molar-refractivity contribution in [1.82, 2.24) is 15.3 Å². The zero-order valence-corrected chi connectivity index (χ0v) is 12.2. The lowest BCUT2D eigenvalue weighted by molar-refractivity contribution is 0.0951. The number of nitrogens with zero attached hydrogens (tertiary/aromatic N) is 2. The zero-order chi connectivity index (χ0) is 16.5. The van der Waals surface area contributed by atoms with Gasteiger partial charge in [0.05, 0.1) is 18.3 Å². The van der Waals surface area contributed by atoms with Gasteiger partial charge in [0.25, 0.3) is 11.8 Å². The molecule has 0 aliphatic carbocycles. The number of rotatable bonds is 5. The third-order valence-electron chi connectivity index (χ3n) is 2.71. The number of ether oxygens (including phenoxy) is 1. The van der Waals surface area contributed by atoms with Crippen molar-refractivity contribution in [2.45, 2.75) is 0 Å². The number of aromatic nitrogens is 2. The molecule has 0 saturated carbocycles. The van der Waals surface area contributed by atoms with Gasteiger partial charge >= 0.3 is 0 Å². The molecule has 1 aromatic carbocycles. The Bertz CT molecular complexity index is 751. The van der Waals surface area contributed by atoms with Crippen LogP contribution in [0.25, 0.3) is 0 Å². The van der Waals surface area contributed by atoms with E-state index in [1.807, 2.05) is 0 Å². The topological polar surface area (TPSA) is 107 Å². The van der Waals surface area contributed by atoms with Crippen molar-refractivity contribution in [3.05, 3.63) is 54.1 Å². The quantitative estimate of drug-likeness (QED) is 0.777. The van der Waals surface area contributed by atoms with Crippen LogP contribution in [0.5, 0.6) is 5.75 Å². The predicted molar refractivity (Wildman–Crippen MR) is 82.6 cm³/mol. The number of amides is 2. The van der Waals surface area contributed by atoms with Gasteiger partial charge in [-0.25, -0.2) is 4.98 Å². The Hall–Kier alpha value is -3.40. The molecular formula is C16H14N4O3. The molecule has 116 valence electrons. The smallest absolute Gasteiger partial charge is 0.272 e. The fraction of sp³-hybridized carbons (Fsp3) is 0.125. The molecule has 0 atom stereocenters. The fourth-order valence-corrected chi connectivity index (χ4v) is 1.65. The summed E-state index contributed by atoms with van der Waals surface area (Å²) in [7, 11) is 0. The van der Waals surface area contributed by atoms with Gasteiger partial charge < -0.3 is 15.8 Å². The van der Waals surface area contributed by atoms with Crippen LogP contribution in [0, 0.1) is 11.8 Å². The third kappa shape index (κ3) is 4.82. The second-order valence-electron chi connectivity index (χ2n) is 4.28. The van der Waals surface area contributed by atoms with E-state index in [1.54, 1.807) is 24.3 Å². The molecule has 0 fully saturated rings. The SMILES string of the molecule is NC(=O)c1ccccc1OCC#CCNC(=O)c1cnccn1. The largest absolute Gasteiger partial charge is 0.480 e. The predicted octanol–water partition coefficient (Wildman–Crippen LogP) is 0.388. The van der Waals surface area contributed by atoms with Crippen molar-refractivity contribution in [2.75, 3.05) is 13.2 Å². The zero-order valence-electron chi connectivity index (χ0n) is 12.2. The fourth-order valence-electron chi connectivity index (χ4n) is 1.65. The van der Waals surface area contributed by atoms with Crippen molar-refractivity contribution >= 4 is 11.8 Å². The maximum atomic E-state index is 11.7. The van der Waals surface area contributed by atoms with E-state index in [9.17, 15) is 9.59 Å². The molecule has 0 radical (unpaired) electrons. The van der Waals surface area contributed by atoms with E-state index in [2.05, 4.69) is 27.1 Å². The second kappa shape index (κ2) is 8.14. The summed E-state index contributed by atoms with van der Waals surface area (Å²) >= 11 is 0. The van der Waals surface area contributed by atoms with Gasteiger partial charge in [-0.2, -0.15) is 0 Å². The van der Waals surface area contributed by atoms with Gasteiger partial charge in [0.15, 0.2) is 0 Å². The first kappa shape index (κ1) is 16.0. The normalized spacial score (nSPS) is 9.39. The molecule has 0 aliphatic heterocycles. The van der Waals surface area contributed by atoms with Gasteiger partial charge in [-0.3, -0.25) is 14.6 Å². The number of carbonyl (C=O) groups is 2. The summed E-state index contributed by atoms with van der Waals surface area (Å²) in [6.07, 6.45) is 4.29. The Kier molecular flexibility index (Phi) is 5.66. The number of para-hydroxylation sites is 1. The molecule has 0 spiro atoms. The van der Waals surface area contributed by atoms with Gasteiger partial charge in [0, 0.05) is 12.4 Å². The molecule has 0 saturated heterocycles. The summed E-state index contributed by atoms with van der Waals surface area (Å²) in [5.41, 5.74) is 5.76. The molecule has 7 heteroatoms. The summed E-state index contributed by atoms with van der Waals surface area (Å²) in [5, 5.41) is 2.58. The maximum absolute atomic E-state index is 11.7. The van der Waals surface area contributed by atoms with Crippen LogP contribution in [0.3, 0.4) is 0 Å². The van der Waals surface area contributed by atoms with Crippen LogP contribution in [0.1, 0.15) is 20.8 Å². The summed E-state index contributed by atoms with van der Waals surface area (Å²) in [6, 6.07) is 6.64. The minimum atomic E-state index is -0.565. The molecule has 7 nitrogen and oxygen atoms in total. The Morgan fingerprint density at radius 1 is 1.22 bits per heavy atom. The van der Waals surface area contributed by atoms with Crippen molar-refractivity contribution in [3.8, 4) is 17.6 Å². The molecule has 0 unspecified atom stereocenters. The van der Waals surface area contributed by atoms with E-state index in [-0.39, 0.29) is 24.8 Å². The minimum Gasteiger partial charge on any atom is -0.480 e. The number of benzene rings is 1. The average molecular weight is 310 g/mol. The molecule has 23 heavy (non-hydrogen) atoms. The number of nitrogens with two attached hydrogens (primary N) is 1. The van der Waals surface area contributed by atoms with Crippen LogP contribution in [-0.4, -0.2) is 34.9 Å². The van der Waals surface area contributed by atoms with Crippen molar-refractivity contribution in [3.63, 3.8) is 0 Å². The van der Waals surface area contributed by atoms with Gasteiger partial charge in [-0.15, -0.1) is 0 Å². The molecule has 2 rings (SSSR count). The first-order chi connectivity index (χ1) is 11.2. The Balaban J connectivity index is 1.79. The molecule has 3 N–H and O–H groups in total. The van der Waals surface area contributed by atoms with E-state index < -0.39 is 5.91 Å². The Labute approximate surface area is 132 Å². The summed E-state index contributed by atoms with van der Waals surface area (Å²) in [5.74, 6) is 4.92. The van der Waals surface area contributed by atoms with Gasteiger partial charge in [-0.1, -0.05) is 24.0 Å². The minimum absolute atomic E-state index is 0.0747. The van der Waals surface area contributed by atoms with Gasteiger partial charge in [0.1, 0.15) is 18.1 Å². The lowest BCUT2D eigenvalue weighted by Crippen LogP contribution is -2.24. The van der Waals surface area contributed by atoms with Crippen LogP contribution in [-0.2, 0) is 0 Å². The number of hydrogen-bond acceptors (Lipinski definition) is 5. The lowest BCUT2D eigenvalue weighted by atomic mass is 10.2. The van der Waals surface area contributed by atoms with Crippen molar-refractivity contribution in [1.29, 1.82) is 0 Å². The third-order valence-corrected chi connectivity index (χ3v) is 2.71. The van der Waals surface area contributed by atoms with E-state index in [1.165, 1.54) is 18.6 Å². The standard InChI is InChI=1S/C16H14N4O3/c17-15(21)12-5-1-2-6-14(12)23-10-4-3-7-20-16(22)13-11-18-8-9-19-13/h1-2,5-6,8-9,11H,7,10H2,(H2,17,21)(H,20,22). The molecule has 2 amide bonds. The van der Waals surface area contributed by atoms with Crippen LogP contribution >= 0.6 is 0 Å². The molecule has 2 aromatic rings. The van der Waals surface area contributed by atoms with E-state index in [0.29, 0.717) is 11.3 Å². The lowest BCUT2D eigenvalue weighted by Gasteiger charge is -2.05. The monoisotopic (exact) mass is 310 g/mol. The molecule has 0 bridgehead atoms. The molecule has 1 heterocycles. The van der Waals surface area contributed by atoms with Crippen LogP contribution in [0.4, 0.5) is 0 Å². The number of hydrogen-bond donors (Lipinski definition) is 2. The van der Waals surface area contributed by atoms with Crippen LogP contribution in [0.15, 0.2) is 42.9 Å². The van der Waals surface area contributed by atoms with Gasteiger partial charge in [0.2, 0.25) is 0 Å². The molecular weight excluding hydrogens is 296 g/mol. The number of nitrogens with one attached hydrogen (secondary N) is 1. The summed E-state index contributed by atoms with van der Waals surface area (Å²) < 4.78 is 5.38. The molecule has 1 aromatic heterocycles. The summed E-state index contributed by atoms with van der Waals surface area (Å²) in [6.45, 7) is 0.224.